The summed E-state index contributed by atoms with van der Waals surface area (Å²) in [6.45, 7) is 0.572. The van der Waals surface area contributed by atoms with Crippen LogP contribution in [-0.2, 0) is 11.3 Å². The second kappa shape index (κ2) is 5.16. The monoisotopic (exact) mass is 289 g/mol. The lowest BCUT2D eigenvalue weighted by molar-refractivity contribution is -0.138. The van der Waals surface area contributed by atoms with Crippen LogP contribution in [0.2, 0.25) is 0 Å². The molecule has 0 saturated carbocycles. The zero-order valence-corrected chi connectivity index (χ0v) is 11.1. The Morgan fingerprint density at radius 3 is 2.52 bits per heavy atom. The fourth-order valence-corrected chi connectivity index (χ4v) is 2.77. The Kier molecular flexibility index (Phi) is 3.33. The highest BCUT2D eigenvalue weighted by Crippen LogP contribution is 2.37. The van der Waals surface area contributed by atoms with Gasteiger partial charge in [0.25, 0.3) is 0 Å². The number of hydrogen-bond donors (Lipinski definition) is 1. The molecule has 1 unspecified atom stereocenters. The van der Waals surface area contributed by atoms with E-state index in [9.17, 15) is 18.7 Å². The molecule has 2 aromatic rings. The van der Waals surface area contributed by atoms with E-state index in [1.165, 1.54) is 12.1 Å². The van der Waals surface area contributed by atoms with Gasteiger partial charge in [-0.15, -0.1) is 0 Å². The summed E-state index contributed by atoms with van der Waals surface area (Å²) in [5.74, 6) is -2.77. The summed E-state index contributed by atoms with van der Waals surface area (Å²) in [4.78, 5) is 13.2. The Morgan fingerprint density at radius 1 is 1.19 bits per heavy atom. The van der Waals surface area contributed by atoms with Crippen LogP contribution in [0.25, 0.3) is 0 Å². The van der Waals surface area contributed by atoms with Gasteiger partial charge in [-0.3, -0.25) is 4.79 Å². The molecule has 2 aromatic carbocycles. The highest BCUT2D eigenvalue weighted by molar-refractivity contribution is 5.82. The molecule has 3 rings (SSSR count). The molecule has 1 heterocycles. The van der Waals surface area contributed by atoms with Gasteiger partial charge in [-0.1, -0.05) is 18.2 Å². The van der Waals surface area contributed by atoms with E-state index in [0.29, 0.717) is 12.1 Å². The molecule has 0 bridgehead atoms. The predicted octanol–water partition coefficient (Wildman–Crippen LogP) is 3.15. The van der Waals surface area contributed by atoms with E-state index in [0.717, 1.165) is 17.3 Å². The van der Waals surface area contributed by atoms with Crippen molar-refractivity contribution in [3.63, 3.8) is 0 Å². The predicted molar refractivity (Wildman–Crippen MR) is 74.2 cm³/mol. The van der Waals surface area contributed by atoms with Crippen LogP contribution in [0.1, 0.15) is 17.0 Å². The third-order valence-electron chi connectivity index (χ3n) is 3.65. The number of hydrogen-bond acceptors (Lipinski definition) is 2. The molecule has 0 aromatic heterocycles. The second-order valence-corrected chi connectivity index (χ2v) is 5.11. The van der Waals surface area contributed by atoms with Gasteiger partial charge in [0.15, 0.2) is 0 Å². The average Bonchev–Trinajstić information content (AvgIpc) is 2.77. The molecule has 1 aliphatic rings. The Hall–Kier alpha value is -2.43. The molecule has 0 amide bonds. The van der Waals surface area contributed by atoms with E-state index in [4.69, 9.17) is 0 Å². The van der Waals surface area contributed by atoms with Crippen molar-refractivity contribution in [2.24, 2.45) is 0 Å². The molecular weight excluding hydrogens is 276 g/mol. The molecule has 0 fully saturated rings. The highest BCUT2D eigenvalue weighted by atomic mass is 19.1. The van der Waals surface area contributed by atoms with E-state index in [1.807, 2.05) is 17.0 Å². The lowest BCUT2D eigenvalue weighted by Gasteiger charge is -2.19. The molecule has 1 N–H and O–H groups in total. The number of rotatable bonds is 3. The van der Waals surface area contributed by atoms with Gasteiger partial charge >= 0.3 is 5.97 Å². The van der Waals surface area contributed by atoms with Gasteiger partial charge in [0, 0.05) is 24.8 Å². The Bertz CT molecular complexity index is 682. The van der Waals surface area contributed by atoms with Gasteiger partial charge in [-0.25, -0.2) is 8.78 Å². The number of fused-ring (bicyclic) bond motifs is 1. The first kappa shape index (κ1) is 13.5. The van der Waals surface area contributed by atoms with Crippen molar-refractivity contribution in [1.82, 2.24) is 0 Å². The number of para-hydroxylation sites is 1. The molecule has 0 aliphatic carbocycles. The maximum atomic E-state index is 13.3. The van der Waals surface area contributed by atoms with E-state index in [2.05, 4.69) is 0 Å². The number of carbonyl (C=O) groups is 1. The van der Waals surface area contributed by atoms with E-state index in [-0.39, 0.29) is 6.54 Å². The van der Waals surface area contributed by atoms with Crippen molar-refractivity contribution >= 4 is 11.7 Å². The van der Waals surface area contributed by atoms with Gasteiger partial charge in [-0.05, 0) is 29.3 Å². The normalized spacial score (nSPS) is 16.9. The van der Waals surface area contributed by atoms with Gasteiger partial charge in [-0.2, -0.15) is 0 Å². The molecule has 0 radical (unpaired) electrons. The van der Waals surface area contributed by atoms with Gasteiger partial charge in [0.1, 0.15) is 17.6 Å². The molecule has 1 atom stereocenters. The topological polar surface area (TPSA) is 40.5 Å². The molecule has 1 aliphatic heterocycles. The minimum Gasteiger partial charge on any atom is -0.481 e. The van der Waals surface area contributed by atoms with Gasteiger partial charge < -0.3 is 10.0 Å². The van der Waals surface area contributed by atoms with E-state index < -0.39 is 23.5 Å². The SMILES string of the molecule is O=C(O)C1CN(Cc2cc(F)cc(F)c2)c2ccccc21. The van der Waals surface area contributed by atoms with Crippen LogP contribution in [0.3, 0.4) is 0 Å². The summed E-state index contributed by atoms with van der Waals surface area (Å²) in [5.41, 5.74) is 2.02. The fraction of sp³-hybridized carbons (Fsp3) is 0.188. The largest absolute Gasteiger partial charge is 0.481 e. The molecule has 108 valence electrons. The summed E-state index contributed by atoms with van der Waals surface area (Å²) < 4.78 is 26.5. The molecule has 21 heavy (non-hydrogen) atoms. The van der Waals surface area contributed by atoms with Gasteiger partial charge in [0.05, 0.1) is 0 Å². The van der Waals surface area contributed by atoms with E-state index in [1.54, 1.807) is 12.1 Å². The number of carboxylic acid groups (broad SMARTS) is 1. The zero-order valence-electron chi connectivity index (χ0n) is 11.1. The number of nitrogens with zero attached hydrogens (tertiary/aromatic N) is 1. The summed E-state index contributed by atoms with van der Waals surface area (Å²) in [5, 5.41) is 9.29. The van der Waals surface area contributed by atoms with Gasteiger partial charge in [0.2, 0.25) is 0 Å². The zero-order chi connectivity index (χ0) is 15.0. The molecular formula is C16H13F2NO2. The van der Waals surface area contributed by atoms with Crippen molar-refractivity contribution in [2.45, 2.75) is 12.5 Å². The lowest BCUT2D eigenvalue weighted by Crippen LogP contribution is -2.24. The second-order valence-electron chi connectivity index (χ2n) is 5.11. The summed E-state index contributed by atoms with van der Waals surface area (Å²) in [6.07, 6.45) is 0. The summed E-state index contributed by atoms with van der Waals surface area (Å²) in [7, 11) is 0. The molecule has 0 saturated heterocycles. The average molecular weight is 289 g/mol. The third kappa shape index (κ3) is 2.59. The van der Waals surface area contributed by atoms with Crippen molar-refractivity contribution in [2.75, 3.05) is 11.4 Å². The number of aliphatic carboxylic acids is 1. The molecule has 5 heteroatoms. The minimum atomic E-state index is -0.893. The summed E-state index contributed by atoms with van der Waals surface area (Å²) in [6, 6.07) is 10.6. The fourth-order valence-electron chi connectivity index (χ4n) is 2.77. The lowest BCUT2D eigenvalue weighted by atomic mass is 10.0. The Balaban J connectivity index is 1.92. The Labute approximate surface area is 120 Å². The first-order valence-electron chi connectivity index (χ1n) is 6.56. The summed E-state index contributed by atoms with van der Waals surface area (Å²) >= 11 is 0. The Morgan fingerprint density at radius 2 is 1.86 bits per heavy atom. The first-order chi connectivity index (χ1) is 10.0. The number of anilines is 1. The minimum absolute atomic E-state index is 0.273. The van der Waals surface area contributed by atoms with Crippen molar-refractivity contribution in [3.8, 4) is 0 Å². The molecule has 0 spiro atoms. The smallest absolute Gasteiger partial charge is 0.312 e. The van der Waals surface area contributed by atoms with Crippen LogP contribution < -0.4 is 4.90 Å². The maximum Gasteiger partial charge on any atom is 0.312 e. The third-order valence-corrected chi connectivity index (χ3v) is 3.65. The van der Waals surface area contributed by atoms with Crippen LogP contribution in [0.5, 0.6) is 0 Å². The van der Waals surface area contributed by atoms with Crippen LogP contribution in [0.15, 0.2) is 42.5 Å². The van der Waals surface area contributed by atoms with Crippen LogP contribution in [-0.4, -0.2) is 17.6 Å². The maximum absolute atomic E-state index is 13.3. The van der Waals surface area contributed by atoms with Crippen LogP contribution >= 0.6 is 0 Å². The van der Waals surface area contributed by atoms with Crippen molar-refractivity contribution < 1.29 is 18.7 Å². The van der Waals surface area contributed by atoms with Crippen molar-refractivity contribution in [3.05, 3.63) is 65.2 Å². The number of carboxylic acids is 1. The quantitative estimate of drug-likeness (QED) is 0.943. The number of halogens is 2. The molecule has 3 nitrogen and oxygen atoms in total. The standard InChI is InChI=1S/C16H13F2NO2/c17-11-5-10(6-12(18)7-11)8-19-9-14(16(20)21)13-3-1-2-4-15(13)19/h1-7,14H,8-9H2,(H,20,21). The van der Waals surface area contributed by atoms with Crippen LogP contribution in [0.4, 0.5) is 14.5 Å². The number of benzene rings is 2. The first-order valence-corrected chi connectivity index (χ1v) is 6.56. The van der Waals surface area contributed by atoms with E-state index >= 15 is 0 Å². The van der Waals surface area contributed by atoms with Crippen LogP contribution in [0, 0.1) is 11.6 Å². The van der Waals surface area contributed by atoms with Crippen molar-refractivity contribution in [1.29, 1.82) is 0 Å². The highest BCUT2D eigenvalue weighted by Gasteiger charge is 2.33.